The highest BCUT2D eigenvalue weighted by Gasteiger charge is 2.20. The highest BCUT2D eigenvalue weighted by atomic mass is 19.1. The molecule has 0 fully saturated rings. The Bertz CT molecular complexity index is 381. The van der Waals surface area contributed by atoms with Gasteiger partial charge in [0.15, 0.2) is 0 Å². The molecule has 1 atom stereocenters. The molecule has 0 bridgehead atoms. The molecule has 0 aromatic heterocycles. The van der Waals surface area contributed by atoms with Gasteiger partial charge in [-0.05, 0) is 24.1 Å². The minimum Gasteiger partial charge on any atom is -0.383 e. The van der Waals surface area contributed by atoms with E-state index in [4.69, 9.17) is 4.74 Å². The second kappa shape index (κ2) is 7.29. The van der Waals surface area contributed by atoms with Crippen molar-refractivity contribution in [2.24, 2.45) is 5.41 Å². The van der Waals surface area contributed by atoms with Crippen LogP contribution in [0.2, 0.25) is 0 Å². The zero-order chi connectivity index (χ0) is 13.4. The summed E-state index contributed by atoms with van der Waals surface area (Å²) in [6, 6.07) is 6.73. The van der Waals surface area contributed by atoms with Crippen molar-refractivity contribution in [3.8, 4) is 0 Å². The Hall–Kier alpha value is -1.19. The Kier molecular flexibility index (Phi) is 6.02. The summed E-state index contributed by atoms with van der Waals surface area (Å²) in [5.74, 6) is -0.189. The van der Waals surface area contributed by atoms with Crippen LogP contribution < -0.4 is 5.32 Å². The monoisotopic (exact) mass is 251 g/mol. The molecule has 0 saturated carbocycles. The van der Waals surface area contributed by atoms with Crippen LogP contribution in [0.25, 0.3) is 0 Å². The Balaban J connectivity index is 2.56. The first kappa shape index (κ1) is 14.9. The van der Waals surface area contributed by atoms with Crippen LogP contribution in [0.4, 0.5) is 4.39 Å². The minimum atomic E-state index is -0.189. The van der Waals surface area contributed by atoms with E-state index in [-0.39, 0.29) is 11.2 Å². The van der Waals surface area contributed by atoms with E-state index in [0.717, 1.165) is 25.1 Å². The fourth-order valence-electron chi connectivity index (χ4n) is 1.87. The summed E-state index contributed by atoms with van der Waals surface area (Å²) < 4.78 is 18.1. The summed E-state index contributed by atoms with van der Waals surface area (Å²) in [5.41, 5.74) is 0.910. The summed E-state index contributed by atoms with van der Waals surface area (Å²) in [6.07, 6.45) is 2.70. The van der Waals surface area contributed by atoms with Gasteiger partial charge in [0.25, 0.3) is 0 Å². The van der Waals surface area contributed by atoms with Crippen molar-refractivity contribution < 1.29 is 9.13 Å². The molecule has 0 heterocycles. The van der Waals surface area contributed by atoms with Crippen LogP contribution in [0.5, 0.6) is 0 Å². The molecule has 18 heavy (non-hydrogen) atoms. The molecule has 0 aliphatic carbocycles. The summed E-state index contributed by atoms with van der Waals surface area (Å²) >= 11 is 0. The normalized spacial score (nSPS) is 14.2. The summed E-state index contributed by atoms with van der Waals surface area (Å²) in [6.45, 7) is 8.30. The summed E-state index contributed by atoms with van der Waals surface area (Å²) in [4.78, 5) is 0. The molecular formula is C15H22FNO. The van der Waals surface area contributed by atoms with E-state index >= 15 is 0 Å². The first-order chi connectivity index (χ1) is 8.59. The molecule has 1 aromatic carbocycles. The van der Waals surface area contributed by atoms with Gasteiger partial charge in [0, 0.05) is 25.6 Å². The molecule has 2 nitrogen and oxygen atoms in total. The average molecular weight is 251 g/mol. The standard InChI is InChI=1S/C15H22FNO/c1-4-15(2,12-17-8-9-18-3)11-13-6-5-7-14(16)10-13/h4-7,10,17H,1,8-9,11-12H2,2-3H3. The molecule has 1 unspecified atom stereocenters. The number of nitrogens with one attached hydrogen (secondary N) is 1. The minimum absolute atomic E-state index is 0.0818. The molecule has 0 spiro atoms. The van der Waals surface area contributed by atoms with Crippen LogP contribution in [0.15, 0.2) is 36.9 Å². The average Bonchev–Trinajstić information content (AvgIpc) is 2.35. The smallest absolute Gasteiger partial charge is 0.123 e. The van der Waals surface area contributed by atoms with Gasteiger partial charge in [-0.3, -0.25) is 0 Å². The van der Waals surface area contributed by atoms with Gasteiger partial charge in [0.2, 0.25) is 0 Å². The Morgan fingerprint density at radius 3 is 2.89 bits per heavy atom. The molecule has 0 radical (unpaired) electrons. The van der Waals surface area contributed by atoms with Crippen LogP contribution in [-0.2, 0) is 11.2 Å². The van der Waals surface area contributed by atoms with Gasteiger partial charge in [-0.1, -0.05) is 25.1 Å². The number of hydrogen-bond acceptors (Lipinski definition) is 2. The largest absolute Gasteiger partial charge is 0.383 e. The first-order valence-corrected chi connectivity index (χ1v) is 6.17. The molecule has 0 amide bonds. The predicted molar refractivity (Wildman–Crippen MR) is 73.2 cm³/mol. The zero-order valence-corrected chi connectivity index (χ0v) is 11.2. The van der Waals surface area contributed by atoms with Crippen LogP contribution in [-0.4, -0.2) is 26.8 Å². The lowest BCUT2D eigenvalue weighted by Crippen LogP contribution is -2.33. The zero-order valence-electron chi connectivity index (χ0n) is 11.2. The van der Waals surface area contributed by atoms with Gasteiger partial charge in [-0.15, -0.1) is 6.58 Å². The second-order valence-corrected chi connectivity index (χ2v) is 4.83. The van der Waals surface area contributed by atoms with Gasteiger partial charge in [-0.2, -0.15) is 0 Å². The third-order valence-corrected chi connectivity index (χ3v) is 3.00. The molecule has 1 aromatic rings. The Morgan fingerprint density at radius 2 is 2.28 bits per heavy atom. The maximum atomic E-state index is 13.1. The van der Waals surface area contributed by atoms with E-state index < -0.39 is 0 Å². The lowest BCUT2D eigenvalue weighted by Gasteiger charge is -2.26. The van der Waals surface area contributed by atoms with E-state index in [1.165, 1.54) is 6.07 Å². The number of hydrogen-bond donors (Lipinski definition) is 1. The van der Waals surface area contributed by atoms with Crippen molar-refractivity contribution in [3.63, 3.8) is 0 Å². The van der Waals surface area contributed by atoms with Gasteiger partial charge in [-0.25, -0.2) is 4.39 Å². The number of halogens is 1. The lowest BCUT2D eigenvalue weighted by atomic mass is 9.83. The van der Waals surface area contributed by atoms with Gasteiger partial charge in [0.1, 0.15) is 5.82 Å². The third kappa shape index (κ3) is 4.98. The van der Waals surface area contributed by atoms with Crippen molar-refractivity contribution in [2.75, 3.05) is 26.8 Å². The molecule has 1 N–H and O–H groups in total. The molecule has 0 aliphatic rings. The van der Waals surface area contributed by atoms with E-state index in [1.54, 1.807) is 19.2 Å². The molecule has 3 heteroatoms. The number of ether oxygens (including phenoxy) is 1. The van der Waals surface area contributed by atoms with Crippen molar-refractivity contribution in [2.45, 2.75) is 13.3 Å². The summed E-state index contributed by atoms with van der Waals surface area (Å²) in [5, 5.41) is 3.32. The second-order valence-electron chi connectivity index (χ2n) is 4.83. The van der Waals surface area contributed by atoms with Gasteiger partial charge < -0.3 is 10.1 Å². The van der Waals surface area contributed by atoms with Crippen LogP contribution in [0, 0.1) is 11.2 Å². The van der Waals surface area contributed by atoms with Gasteiger partial charge >= 0.3 is 0 Å². The topological polar surface area (TPSA) is 21.3 Å². The van der Waals surface area contributed by atoms with E-state index in [1.807, 2.05) is 12.1 Å². The SMILES string of the molecule is C=CC(C)(CNCCOC)Cc1cccc(F)c1. The fraction of sp³-hybridized carbons (Fsp3) is 0.467. The van der Waals surface area contributed by atoms with E-state index in [9.17, 15) is 4.39 Å². The quantitative estimate of drug-likeness (QED) is 0.566. The first-order valence-electron chi connectivity index (χ1n) is 6.17. The van der Waals surface area contributed by atoms with Crippen LogP contribution in [0.1, 0.15) is 12.5 Å². The highest BCUT2D eigenvalue weighted by molar-refractivity contribution is 5.19. The summed E-state index contributed by atoms with van der Waals surface area (Å²) in [7, 11) is 1.68. The predicted octanol–water partition coefficient (Wildman–Crippen LogP) is 2.80. The number of rotatable bonds is 8. The fourth-order valence-corrected chi connectivity index (χ4v) is 1.87. The Morgan fingerprint density at radius 1 is 1.50 bits per heavy atom. The molecule has 1 rings (SSSR count). The van der Waals surface area contributed by atoms with Crippen LogP contribution >= 0.6 is 0 Å². The molecule has 0 saturated heterocycles. The van der Waals surface area contributed by atoms with E-state index in [2.05, 4.69) is 18.8 Å². The Labute approximate surface area is 109 Å². The van der Waals surface area contributed by atoms with Gasteiger partial charge in [0.05, 0.1) is 6.61 Å². The number of benzene rings is 1. The van der Waals surface area contributed by atoms with Crippen molar-refractivity contribution in [1.29, 1.82) is 0 Å². The number of methoxy groups -OCH3 is 1. The van der Waals surface area contributed by atoms with Crippen LogP contribution in [0.3, 0.4) is 0 Å². The van der Waals surface area contributed by atoms with Crippen molar-refractivity contribution in [1.82, 2.24) is 5.32 Å². The third-order valence-electron chi connectivity index (χ3n) is 3.00. The van der Waals surface area contributed by atoms with Crippen molar-refractivity contribution >= 4 is 0 Å². The molecular weight excluding hydrogens is 229 g/mol. The maximum Gasteiger partial charge on any atom is 0.123 e. The lowest BCUT2D eigenvalue weighted by molar-refractivity contribution is 0.195. The van der Waals surface area contributed by atoms with E-state index in [0.29, 0.717) is 6.61 Å². The maximum absolute atomic E-state index is 13.1. The van der Waals surface area contributed by atoms with Crippen molar-refractivity contribution in [3.05, 3.63) is 48.3 Å². The highest BCUT2D eigenvalue weighted by Crippen LogP contribution is 2.23. The molecule has 100 valence electrons. The molecule has 0 aliphatic heterocycles.